The molecule has 0 amide bonds. The van der Waals surface area contributed by atoms with E-state index in [9.17, 15) is 14.4 Å². The van der Waals surface area contributed by atoms with Gasteiger partial charge in [-0.25, -0.2) is 0 Å². The lowest BCUT2D eigenvalue weighted by Crippen LogP contribution is -2.30. The Bertz CT molecular complexity index is 1730. The quantitative estimate of drug-likeness (QED) is 0.0261. The molecule has 0 aromatic rings. The van der Waals surface area contributed by atoms with Crippen molar-refractivity contribution in [2.24, 2.45) is 0 Å². The molecule has 0 N–H and O–H groups in total. The molecule has 0 saturated carbocycles. The number of carbonyl (C=O) groups excluding carboxylic acids is 3. The molecule has 0 rings (SSSR count). The highest BCUT2D eigenvalue weighted by molar-refractivity contribution is 5.71. The minimum absolute atomic E-state index is 0.0886. The molecule has 0 aliphatic rings. The second kappa shape index (κ2) is 65.8. The average Bonchev–Trinajstić information content (AvgIpc) is 3.45. The second-order valence-corrected chi connectivity index (χ2v) is 20.9. The smallest absolute Gasteiger partial charge is 0.306 e. The van der Waals surface area contributed by atoms with Gasteiger partial charge in [0, 0.05) is 19.3 Å². The van der Waals surface area contributed by atoms with Gasteiger partial charge in [-0.2, -0.15) is 0 Å². The summed E-state index contributed by atoms with van der Waals surface area (Å²) in [6.07, 6.45) is 94.7. The highest BCUT2D eigenvalue weighted by atomic mass is 16.6. The van der Waals surface area contributed by atoms with E-state index in [0.717, 1.165) is 161 Å². The van der Waals surface area contributed by atoms with Gasteiger partial charge in [0.1, 0.15) is 13.2 Å². The predicted octanol–water partition coefficient (Wildman–Crippen LogP) is 22.3. The third-order valence-electron chi connectivity index (χ3n) is 13.3. The van der Waals surface area contributed by atoms with Crippen LogP contribution in [0.15, 0.2) is 146 Å². The molecule has 0 saturated heterocycles. The van der Waals surface area contributed by atoms with Crippen LogP contribution in [0.2, 0.25) is 0 Å². The van der Waals surface area contributed by atoms with E-state index in [1.807, 2.05) is 0 Å². The summed E-state index contributed by atoms with van der Waals surface area (Å²) in [5, 5.41) is 0. The van der Waals surface area contributed by atoms with E-state index < -0.39 is 6.10 Å². The molecule has 79 heavy (non-hydrogen) atoms. The van der Waals surface area contributed by atoms with Crippen LogP contribution in [0.5, 0.6) is 0 Å². The van der Waals surface area contributed by atoms with Crippen LogP contribution in [-0.2, 0) is 28.6 Å². The van der Waals surface area contributed by atoms with Crippen molar-refractivity contribution in [2.75, 3.05) is 13.2 Å². The van der Waals surface area contributed by atoms with Crippen molar-refractivity contribution in [2.45, 2.75) is 284 Å². The molecule has 0 bridgehead atoms. The van der Waals surface area contributed by atoms with E-state index in [-0.39, 0.29) is 31.1 Å². The van der Waals surface area contributed by atoms with Crippen LogP contribution >= 0.6 is 0 Å². The van der Waals surface area contributed by atoms with E-state index in [1.54, 1.807) is 0 Å². The van der Waals surface area contributed by atoms with Gasteiger partial charge in [-0.1, -0.05) is 282 Å². The largest absolute Gasteiger partial charge is 0.462 e. The normalized spacial score (nSPS) is 13.1. The third kappa shape index (κ3) is 64.0. The summed E-state index contributed by atoms with van der Waals surface area (Å²) in [5.74, 6) is -0.920. The van der Waals surface area contributed by atoms with Gasteiger partial charge < -0.3 is 14.2 Å². The summed E-state index contributed by atoms with van der Waals surface area (Å²) in [5.41, 5.74) is 0. The molecule has 0 aliphatic carbocycles. The first-order valence-corrected chi connectivity index (χ1v) is 32.3. The highest BCUT2D eigenvalue weighted by Gasteiger charge is 2.19. The van der Waals surface area contributed by atoms with Crippen molar-refractivity contribution in [1.82, 2.24) is 0 Å². The Morgan fingerprint density at radius 3 is 0.772 bits per heavy atom. The van der Waals surface area contributed by atoms with E-state index >= 15 is 0 Å². The Balaban J connectivity index is 4.09. The Kier molecular flexibility index (Phi) is 61.9. The summed E-state index contributed by atoms with van der Waals surface area (Å²) in [7, 11) is 0. The summed E-state index contributed by atoms with van der Waals surface area (Å²) < 4.78 is 16.8. The molecule has 0 aliphatic heterocycles. The minimum Gasteiger partial charge on any atom is -0.462 e. The molecule has 0 radical (unpaired) electrons. The van der Waals surface area contributed by atoms with Crippen LogP contribution in [0.1, 0.15) is 278 Å². The molecular formula is C73H118O6. The molecule has 1 unspecified atom stereocenters. The molecule has 6 nitrogen and oxygen atoms in total. The second-order valence-electron chi connectivity index (χ2n) is 20.9. The molecule has 0 aromatic heterocycles. The van der Waals surface area contributed by atoms with Crippen LogP contribution in [0.25, 0.3) is 0 Å². The third-order valence-corrected chi connectivity index (χ3v) is 13.3. The molecule has 1 atom stereocenters. The van der Waals surface area contributed by atoms with E-state index in [0.29, 0.717) is 19.3 Å². The lowest BCUT2D eigenvalue weighted by atomic mass is 10.0. The predicted molar refractivity (Wildman–Crippen MR) is 343 cm³/mol. The number of unbranched alkanes of at least 4 members (excludes halogenated alkanes) is 22. The van der Waals surface area contributed by atoms with Crippen molar-refractivity contribution in [3.8, 4) is 0 Å². The fraction of sp³-hybridized carbons (Fsp3) is 0.630. The van der Waals surface area contributed by atoms with Crippen molar-refractivity contribution < 1.29 is 28.6 Å². The molecule has 0 fully saturated rings. The Hall–Kier alpha value is -4.71. The number of allylic oxidation sites excluding steroid dienone is 24. The van der Waals surface area contributed by atoms with E-state index in [2.05, 4.69) is 167 Å². The Morgan fingerprint density at radius 2 is 0.494 bits per heavy atom. The molecule has 0 heterocycles. The van der Waals surface area contributed by atoms with E-state index in [1.165, 1.54) is 77.0 Å². The van der Waals surface area contributed by atoms with Crippen LogP contribution in [0.4, 0.5) is 0 Å². The Morgan fingerprint density at radius 1 is 0.266 bits per heavy atom. The number of hydrogen-bond acceptors (Lipinski definition) is 6. The summed E-state index contributed by atoms with van der Waals surface area (Å²) in [4.78, 5) is 38.0. The van der Waals surface area contributed by atoms with Gasteiger partial charge in [-0.15, -0.1) is 0 Å². The fourth-order valence-corrected chi connectivity index (χ4v) is 8.57. The molecule has 0 aromatic carbocycles. The highest BCUT2D eigenvalue weighted by Crippen LogP contribution is 2.15. The maximum atomic E-state index is 12.8. The molecule has 6 heteroatoms. The zero-order valence-corrected chi connectivity index (χ0v) is 51.1. The van der Waals surface area contributed by atoms with Gasteiger partial charge in [0.05, 0.1) is 0 Å². The van der Waals surface area contributed by atoms with Gasteiger partial charge in [0.25, 0.3) is 0 Å². The van der Waals surface area contributed by atoms with Gasteiger partial charge in [0.2, 0.25) is 0 Å². The van der Waals surface area contributed by atoms with Crippen LogP contribution in [0, 0.1) is 0 Å². The lowest BCUT2D eigenvalue weighted by Gasteiger charge is -2.18. The topological polar surface area (TPSA) is 78.9 Å². The van der Waals surface area contributed by atoms with Crippen LogP contribution in [-0.4, -0.2) is 37.2 Å². The van der Waals surface area contributed by atoms with E-state index in [4.69, 9.17) is 14.2 Å². The van der Waals surface area contributed by atoms with Crippen molar-refractivity contribution >= 4 is 17.9 Å². The van der Waals surface area contributed by atoms with Gasteiger partial charge >= 0.3 is 17.9 Å². The minimum atomic E-state index is -0.789. The van der Waals surface area contributed by atoms with Crippen molar-refractivity contribution in [3.63, 3.8) is 0 Å². The molecule has 446 valence electrons. The maximum Gasteiger partial charge on any atom is 0.306 e. The van der Waals surface area contributed by atoms with Crippen LogP contribution < -0.4 is 0 Å². The zero-order chi connectivity index (χ0) is 57.1. The zero-order valence-electron chi connectivity index (χ0n) is 51.1. The van der Waals surface area contributed by atoms with Gasteiger partial charge in [0.15, 0.2) is 6.10 Å². The summed E-state index contributed by atoms with van der Waals surface area (Å²) in [6.45, 7) is 6.32. The SMILES string of the molecule is CC/C=C\C/C=C\C/C=C\C/C=C\C/C=C\C/C=C\CCCCCCCCCCCCCCC(=O)OCC(COC(=O)CCCCCCC)OC(=O)CCCCCCCC/C=C\C/C=C\C/C=C\C/C=C\C/C=C\C/C=C\CC. The standard InChI is InChI=1S/C73H118O6/c1-4-7-10-13-15-17-19-21-23-25-27-29-31-33-34-35-36-37-38-40-41-43-45-47-49-51-53-55-57-60-63-66-72(75)78-69-70(68-77-71(74)65-62-59-12-9-6-3)79-73(76)67-64-61-58-56-54-52-50-48-46-44-42-39-32-30-28-26-24-22-20-18-16-14-11-8-5-2/h7-8,10-11,15-18,21-24,27-30,33-34,36-37,39,42,46,48,70H,4-6,9,12-14,19-20,25-26,31-32,35,38,40-41,43-45,47,49-69H2,1-3H3/b10-7-,11-8-,17-15-,18-16-,23-21-,24-22-,29-27-,30-28-,34-33-,37-36-,42-39-,48-46-. The first kappa shape index (κ1) is 74.3. The van der Waals surface area contributed by atoms with Crippen LogP contribution in [0.3, 0.4) is 0 Å². The maximum absolute atomic E-state index is 12.8. The summed E-state index contributed by atoms with van der Waals surface area (Å²) >= 11 is 0. The van der Waals surface area contributed by atoms with Crippen molar-refractivity contribution in [1.29, 1.82) is 0 Å². The monoisotopic (exact) mass is 1090 g/mol. The van der Waals surface area contributed by atoms with Crippen molar-refractivity contribution in [3.05, 3.63) is 146 Å². The summed E-state index contributed by atoms with van der Waals surface area (Å²) in [6, 6.07) is 0. The molecular weight excluding hydrogens is 973 g/mol. The Labute approximate surface area is 487 Å². The number of carbonyl (C=O) groups is 3. The van der Waals surface area contributed by atoms with Gasteiger partial charge in [-0.3, -0.25) is 14.4 Å². The average molecular weight is 1090 g/mol. The fourth-order valence-electron chi connectivity index (χ4n) is 8.57. The molecule has 0 spiro atoms. The first-order valence-electron chi connectivity index (χ1n) is 32.3. The number of hydrogen-bond donors (Lipinski definition) is 0. The number of ether oxygens (including phenoxy) is 3. The van der Waals surface area contributed by atoms with Gasteiger partial charge in [-0.05, 0) is 122 Å². The number of rotatable bonds is 57. The number of esters is 3. The lowest BCUT2D eigenvalue weighted by molar-refractivity contribution is -0.167. The first-order chi connectivity index (χ1) is 39.0.